The second-order valence-electron chi connectivity index (χ2n) is 4.83. The quantitative estimate of drug-likeness (QED) is 0.756. The highest BCUT2D eigenvalue weighted by atomic mass is 16.5. The molecule has 0 unspecified atom stereocenters. The summed E-state index contributed by atoms with van der Waals surface area (Å²) in [5.74, 6) is 0.0921. The summed E-state index contributed by atoms with van der Waals surface area (Å²) in [5.41, 5.74) is 1.95. The van der Waals surface area contributed by atoms with E-state index >= 15 is 0 Å². The zero-order valence-electron chi connectivity index (χ0n) is 12.0. The molecule has 5 heteroatoms. The predicted molar refractivity (Wildman–Crippen MR) is 82.6 cm³/mol. The minimum absolute atomic E-state index is 0.211. The summed E-state index contributed by atoms with van der Waals surface area (Å²) in [6.45, 7) is 0.412. The first-order chi connectivity index (χ1) is 10.7. The van der Waals surface area contributed by atoms with Crippen molar-refractivity contribution in [2.24, 2.45) is 0 Å². The number of H-pyrrole nitrogens is 1. The van der Waals surface area contributed by atoms with Gasteiger partial charge in [-0.3, -0.25) is 0 Å². The van der Waals surface area contributed by atoms with Gasteiger partial charge in [-0.1, -0.05) is 30.3 Å². The molecule has 3 rings (SSSR count). The standard InChI is InChI=1S/C17H15NO4/c1-21-15-7-12-13(17(19)20)9-18-14(12)8-16(15)22-10-11-5-3-2-4-6-11/h2-9,18H,10H2,1H3,(H,19,20). The molecule has 1 aromatic heterocycles. The van der Waals surface area contributed by atoms with Crippen LogP contribution in [0.4, 0.5) is 0 Å². The lowest BCUT2D eigenvalue weighted by Gasteiger charge is -2.11. The fraction of sp³-hybridized carbons (Fsp3) is 0.118. The molecule has 112 valence electrons. The van der Waals surface area contributed by atoms with Gasteiger partial charge in [-0.05, 0) is 11.6 Å². The van der Waals surface area contributed by atoms with Crippen molar-refractivity contribution in [2.75, 3.05) is 7.11 Å². The van der Waals surface area contributed by atoms with Gasteiger partial charge in [0.1, 0.15) is 6.61 Å². The summed E-state index contributed by atoms with van der Waals surface area (Å²) in [7, 11) is 1.53. The molecule has 0 aliphatic heterocycles. The Kier molecular flexibility index (Phi) is 3.70. The van der Waals surface area contributed by atoms with Crippen LogP contribution in [0.2, 0.25) is 0 Å². The Bertz CT molecular complexity index is 808. The van der Waals surface area contributed by atoms with Crippen LogP contribution < -0.4 is 9.47 Å². The highest BCUT2D eigenvalue weighted by molar-refractivity contribution is 6.04. The van der Waals surface area contributed by atoms with Crippen molar-refractivity contribution in [3.8, 4) is 11.5 Å². The molecule has 0 spiro atoms. The lowest BCUT2D eigenvalue weighted by Crippen LogP contribution is -1.98. The van der Waals surface area contributed by atoms with Gasteiger partial charge in [-0.25, -0.2) is 4.79 Å². The van der Waals surface area contributed by atoms with Crippen molar-refractivity contribution < 1.29 is 19.4 Å². The van der Waals surface area contributed by atoms with Gasteiger partial charge in [0.25, 0.3) is 0 Å². The van der Waals surface area contributed by atoms with Crippen molar-refractivity contribution in [3.63, 3.8) is 0 Å². The second kappa shape index (κ2) is 5.81. The van der Waals surface area contributed by atoms with Crippen LogP contribution in [-0.4, -0.2) is 23.2 Å². The first-order valence-corrected chi connectivity index (χ1v) is 6.78. The summed E-state index contributed by atoms with van der Waals surface area (Å²) in [5, 5.41) is 9.76. The van der Waals surface area contributed by atoms with Gasteiger partial charge in [-0.2, -0.15) is 0 Å². The Balaban J connectivity index is 1.93. The third-order valence-corrected chi connectivity index (χ3v) is 3.43. The number of rotatable bonds is 5. The number of aromatic nitrogens is 1. The zero-order valence-corrected chi connectivity index (χ0v) is 12.0. The van der Waals surface area contributed by atoms with Crippen LogP contribution in [0, 0.1) is 0 Å². The maximum atomic E-state index is 11.2. The third kappa shape index (κ3) is 2.61. The van der Waals surface area contributed by atoms with Gasteiger partial charge in [0.15, 0.2) is 11.5 Å². The lowest BCUT2D eigenvalue weighted by atomic mass is 10.1. The van der Waals surface area contributed by atoms with Crippen LogP contribution in [-0.2, 0) is 6.61 Å². The largest absolute Gasteiger partial charge is 0.493 e. The Morgan fingerprint density at radius 3 is 2.64 bits per heavy atom. The minimum atomic E-state index is -0.980. The molecule has 0 bridgehead atoms. The number of hydrogen-bond acceptors (Lipinski definition) is 3. The van der Waals surface area contributed by atoms with Crippen LogP contribution in [0.5, 0.6) is 11.5 Å². The summed E-state index contributed by atoms with van der Waals surface area (Å²) < 4.78 is 11.1. The van der Waals surface area contributed by atoms with E-state index in [1.165, 1.54) is 13.3 Å². The maximum absolute atomic E-state index is 11.2. The van der Waals surface area contributed by atoms with E-state index in [1.807, 2.05) is 30.3 Å². The lowest BCUT2D eigenvalue weighted by molar-refractivity contribution is 0.0699. The average molecular weight is 297 g/mol. The van der Waals surface area contributed by atoms with Crippen LogP contribution in [0.3, 0.4) is 0 Å². The molecule has 0 radical (unpaired) electrons. The van der Waals surface area contributed by atoms with E-state index in [1.54, 1.807) is 12.1 Å². The smallest absolute Gasteiger partial charge is 0.337 e. The third-order valence-electron chi connectivity index (χ3n) is 3.43. The van der Waals surface area contributed by atoms with Crippen LogP contribution in [0.1, 0.15) is 15.9 Å². The molecule has 1 heterocycles. The first kappa shape index (κ1) is 14.0. The summed E-state index contributed by atoms with van der Waals surface area (Å²) in [4.78, 5) is 14.1. The zero-order chi connectivity index (χ0) is 15.5. The minimum Gasteiger partial charge on any atom is -0.493 e. The van der Waals surface area contributed by atoms with E-state index in [9.17, 15) is 4.79 Å². The fourth-order valence-electron chi connectivity index (χ4n) is 2.31. The monoisotopic (exact) mass is 297 g/mol. The number of nitrogens with one attached hydrogen (secondary N) is 1. The molecule has 0 atom stereocenters. The number of aromatic carboxylic acids is 1. The molecule has 0 aliphatic rings. The molecule has 0 aliphatic carbocycles. The number of hydrogen-bond donors (Lipinski definition) is 2. The van der Waals surface area contributed by atoms with E-state index in [0.29, 0.717) is 29.0 Å². The first-order valence-electron chi connectivity index (χ1n) is 6.78. The van der Waals surface area contributed by atoms with Gasteiger partial charge in [0, 0.05) is 17.6 Å². The fourth-order valence-corrected chi connectivity index (χ4v) is 2.31. The van der Waals surface area contributed by atoms with Crippen LogP contribution >= 0.6 is 0 Å². The van der Waals surface area contributed by atoms with Crippen LogP contribution in [0.25, 0.3) is 10.9 Å². The molecule has 22 heavy (non-hydrogen) atoms. The van der Waals surface area contributed by atoms with Gasteiger partial charge in [0.2, 0.25) is 0 Å². The topological polar surface area (TPSA) is 71.5 Å². The molecule has 2 N–H and O–H groups in total. The summed E-state index contributed by atoms with van der Waals surface area (Å²) in [6.07, 6.45) is 1.47. The highest BCUT2D eigenvalue weighted by Gasteiger charge is 2.15. The second-order valence-corrected chi connectivity index (χ2v) is 4.83. The highest BCUT2D eigenvalue weighted by Crippen LogP contribution is 2.34. The van der Waals surface area contributed by atoms with Gasteiger partial charge < -0.3 is 19.6 Å². The van der Waals surface area contributed by atoms with E-state index in [2.05, 4.69) is 4.98 Å². The van der Waals surface area contributed by atoms with Crippen molar-refractivity contribution in [2.45, 2.75) is 6.61 Å². The number of benzene rings is 2. The van der Waals surface area contributed by atoms with Crippen molar-refractivity contribution in [1.82, 2.24) is 4.98 Å². The molecule has 0 amide bonds. The normalized spacial score (nSPS) is 10.6. The molecule has 3 aromatic rings. The maximum Gasteiger partial charge on any atom is 0.337 e. The van der Waals surface area contributed by atoms with Gasteiger partial charge in [0.05, 0.1) is 18.2 Å². The van der Waals surface area contributed by atoms with Gasteiger partial charge in [-0.15, -0.1) is 0 Å². The molecule has 0 saturated heterocycles. The Morgan fingerprint density at radius 1 is 1.18 bits per heavy atom. The molecule has 0 fully saturated rings. The van der Waals surface area contributed by atoms with Crippen molar-refractivity contribution in [1.29, 1.82) is 0 Å². The summed E-state index contributed by atoms with van der Waals surface area (Å²) in [6, 6.07) is 13.2. The number of ether oxygens (including phenoxy) is 2. The average Bonchev–Trinajstić information content (AvgIpc) is 2.95. The molecule has 5 nitrogen and oxygen atoms in total. The van der Waals surface area contributed by atoms with Gasteiger partial charge >= 0.3 is 5.97 Å². The number of aromatic amines is 1. The molecule has 0 saturated carbocycles. The number of carboxylic acids is 1. The summed E-state index contributed by atoms with van der Waals surface area (Å²) >= 11 is 0. The number of fused-ring (bicyclic) bond motifs is 1. The number of methoxy groups -OCH3 is 1. The van der Waals surface area contributed by atoms with E-state index in [4.69, 9.17) is 14.6 Å². The SMILES string of the molecule is COc1cc2c(C(=O)O)c[nH]c2cc1OCc1ccccc1. The molecule has 2 aromatic carbocycles. The Hall–Kier alpha value is -2.95. The Labute approximate surface area is 127 Å². The number of carboxylic acid groups (broad SMARTS) is 1. The molecular weight excluding hydrogens is 282 g/mol. The van der Waals surface area contributed by atoms with E-state index in [0.717, 1.165) is 5.56 Å². The van der Waals surface area contributed by atoms with E-state index < -0.39 is 5.97 Å². The van der Waals surface area contributed by atoms with Crippen molar-refractivity contribution >= 4 is 16.9 Å². The van der Waals surface area contributed by atoms with Crippen molar-refractivity contribution in [3.05, 3.63) is 59.8 Å². The predicted octanol–water partition coefficient (Wildman–Crippen LogP) is 3.45. The Morgan fingerprint density at radius 2 is 1.95 bits per heavy atom. The van der Waals surface area contributed by atoms with Crippen LogP contribution in [0.15, 0.2) is 48.7 Å². The number of carbonyl (C=O) groups is 1. The molecular formula is C17H15NO4. The van der Waals surface area contributed by atoms with E-state index in [-0.39, 0.29) is 5.56 Å².